The SMILES string of the molecule is CC(=O)NCC(=O)N1CCCC(C(=O)c2ccc(C(C)(C)C)cc2)C1. The van der Waals surface area contributed by atoms with E-state index < -0.39 is 0 Å². The summed E-state index contributed by atoms with van der Waals surface area (Å²) in [7, 11) is 0. The van der Waals surface area contributed by atoms with Gasteiger partial charge in [-0.25, -0.2) is 0 Å². The van der Waals surface area contributed by atoms with Gasteiger partial charge in [0.05, 0.1) is 6.54 Å². The number of hydrogen-bond acceptors (Lipinski definition) is 3. The van der Waals surface area contributed by atoms with E-state index in [0.717, 1.165) is 12.8 Å². The zero-order valence-corrected chi connectivity index (χ0v) is 15.6. The number of carbonyl (C=O) groups excluding carboxylic acids is 3. The lowest BCUT2D eigenvalue weighted by atomic mass is 9.85. The van der Waals surface area contributed by atoms with Crippen molar-refractivity contribution in [1.82, 2.24) is 10.2 Å². The Morgan fingerprint density at radius 2 is 1.80 bits per heavy atom. The van der Waals surface area contributed by atoms with Gasteiger partial charge in [-0.3, -0.25) is 14.4 Å². The Hall–Kier alpha value is -2.17. The Morgan fingerprint density at radius 1 is 1.16 bits per heavy atom. The number of piperidine rings is 1. The standard InChI is InChI=1S/C20H28N2O3/c1-14(23)21-12-18(24)22-11-5-6-16(13-22)19(25)15-7-9-17(10-8-15)20(2,3)4/h7-10,16H,5-6,11-13H2,1-4H3,(H,21,23). The minimum absolute atomic E-state index is 0.00345. The third-order valence-corrected chi connectivity index (χ3v) is 4.67. The van der Waals surface area contributed by atoms with Crippen LogP contribution in [-0.2, 0) is 15.0 Å². The third-order valence-electron chi connectivity index (χ3n) is 4.67. The molecule has 1 saturated heterocycles. The molecule has 0 bridgehead atoms. The maximum atomic E-state index is 12.8. The van der Waals surface area contributed by atoms with Crippen LogP contribution in [0, 0.1) is 5.92 Å². The van der Waals surface area contributed by atoms with E-state index >= 15 is 0 Å². The number of benzene rings is 1. The maximum Gasteiger partial charge on any atom is 0.241 e. The molecule has 5 nitrogen and oxygen atoms in total. The number of carbonyl (C=O) groups is 3. The molecule has 0 spiro atoms. The number of Topliss-reactive ketones (excluding diaryl/α,β-unsaturated/α-hetero) is 1. The van der Waals surface area contributed by atoms with Gasteiger partial charge < -0.3 is 10.2 Å². The molecule has 2 rings (SSSR count). The first-order valence-corrected chi connectivity index (χ1v) is 8.85. The summed E-state index contributed by atoms with van der Waals surface area (Å²) >= 11 is 0. The number of ketones is 1. The van der Waals surface area contributed by atoms with Crippen LogP contribution in [-0.4, -0.2) is 42.1 Å². The molecule has 1 aromatic rings. The van der Waals surface area contributed by atoms with Crippen LogP contribution in [0.4, 0.5) is 0 Å². The van der Waals surface area contributed by atoms with Crippen molar-refractivity contribution in [3.8, 4) is 0 Å². The summed E-state index contributed by atoms with van der Waals surface area (Å²) in [6.45, 7) is 8.88. The van der Waals surface area contributed by atoms with E-state index in [2.05, 4.69) is 26.1 Å². The van der Waals surface area contributed by atoms with Crippen LogP contribution in [0.5, 0.6) is 0 Å². The van der Waals surface area contributed by atoms with Gasteiger partial charge in [0, 0.05) is 31.5 Å². The predicted octanol–water partition coefficient (Wildman–Crippen LogP) is 2.54. The highest BCUT2D eigenvalue weighted by Gasteiger charge is 2.29. The number of nitrogens with one attached hydrogen (secondary N) is 1. The highest BCUT2D eigenvalue weighted by molar-refractivity contribution is 5.98. The fourth-order valence-corrected chi connectivity index (χ4v) is 3.10. The zero-order valence-electron chi connectivity index (χ0n) is 15.6. The summed E-state index contributed by atoms with van der Waals surface area (Å²) in [4.78, 5) is 37.6. The number of likely N-dealkylation sites (tertiary alicyclic amines) is 1. The van der Waals surface area contributed by atoms with Crippen LogP contribution in [0.2, 0.25) is 0 Å². The molecule has 1 atom stereocenters. The second-order valence-corrected chi connectivity index (χ2v) is 7.78. The number of rotatable bonds is 4. The molecule has 1 aromatic carbocycles. The first-order chi connectivity index (χ1) is 11.7. The smallest absolute Gasteiger partial charge is 0.241 e. The summed E-state index contributed by atoms with van der Waals surface area (Å²) in [6.07, 6.45) is 1.60. The van der Waals surface area contributed by atoms with Crippen LogP contribution >= 0.6 is 0 Å². The van der Waals surface area contributed by atoms with Crippen molar-refractivity contribution in [2.75, 3.05) is 19.6 Å². The normalized spacial score (nSPS) is 17.9. The van der Waals surface area contributed by atoms with E-state index in [1.54, 1.807) is 4.90 Å². The second-order valence-electron chi connectivity index (χ2n) is 7.78. The van der Waals surface area contributed by atoms with E-state index in [4.69, 9.17) is 0 Å². The molecule has 0 aromatic heterocycles. The van der Waals surface area contributed by atoms with Gasteiger partial charge in [-0.05, 0) is 23.8 Å². The maximum absolute atomic E-state index is 12.8. The second kappa shape index (κ2) is 7.81. The molecular weight excluding hydrogens is 316 g/mol. The van der Waals surface area contributed by atoms with Crippen molar-refractivity contribution in [1.29, 1.82) is 0 Å². The van der Waals surface area contributed by atoms with E-state index in [-0.39, 0.29) is 35.5 Å². The number of nitrogens with zero attached hydrogens (tertiary/aromatic N) is 1. The molecule has 136 valence electrons. The van der Waals surface area contributed by atoms with Crippen molar-refractivity contribution < 1.29 is 14.4 Å². The molecule has 25 heavy (non-hydrogen) atoms. The summed E-state index contributed by atoms with van der Waals surface area (Å²) in [5, 5.41) is 2.52. The Labute approximate surface area is 149 Å². The molecule has 1 N–H and O–H groups in total. The van der Waals surface area contributed by atoms with Gasteiger partial charge in [0.15, 0.2) is 5.78 Å². The zero-order chi connectivity index (χ0) is 18.6. The quantitative estimate of drug-likeness (QED) is 0.854. The van der Waals surface area contributed by atoms with E-state index in [9.17, 15) is 14.4 Å². The fraction of sp³-hybridized carbons (Fsp3) is 0.550. The number of amides is 2. The lowest BCUT2D eigenvalue weighted by Crippen LogP contribution is -2.46. The predicted molar refractivity (Wildman–Crippen MR) is 97.5 cm³/mol. The number of hydrogen-bond donors (Lipinski definition) is 1. The minimum Gasteiger partial charge on any atom is -0.347 e. The third kappa shape index (κ3) is 5.15. The van der Waals surface area contributed by atoms with E-state index in [1.165, 1.54) is 12.5 Å². The Morgan fingerprint density at radius 3 is 2.36 bits per heavy atom. The summed E-state index contributed by atoms with van der Waals surface area (Å²) < 4.78 is 0. The topological polar surface area (TPSA) is 66.5 Å². The van der Waals surface area contributed by atoms with Crippen molar-refractivity contribution in [2.45, 2.75) is 46.0 Å². The van der Waals surface area contributed by atoms with Crippen LogP contribution in [0.1, 0.15) is 56.5 Å². The van der Waals surface area contributed by atoms with Gasteiger partial charge in [-0.1, -0.05) is 45.0 Å². The Kier molecular flexibility index (Phi) is 5.98. The average Bonchev–Trinajstić information content (AvgIpc) is 2.58. The van der Waals surface area contributed by atoms with Crippen LogP contribution < -0.4 is 5.32 Å². The highest BCUT2D eigenvalue weighted by atomic mass is 16.2. The summed E-state index contributed by atoms with van der Waals surface area (Å²) in [6, 6.07) is 7.80. The first kappa shape index (κ1) is 19.2. The fourth-order valence-electron chi connectivity index (χ4n) is 3.10. The summed E-state index contributed by atoms with van der Waals surface area (Å²) in [5.41, 5.74) is 1.95. The first-order valence-electron chi connectivity index (χ1n) is 8.85. The lowest BCUT2D eigenvalue weighted by Gasteiger charge is -2.32. The van der Waals surface area contributed by atoms with Gasteiger partial charge in [0.1, 0.15) is 0 Å². The van der Waals surface area contributed by atoms with Crippen molar-refractivity contribution in [3.63, 3.8) is 0 Å². The van der Waals surface area contributed by atoms with Crippen molar-refractivity contribution in [2.24, 2.45) is 5.92 Å². The minimum atomic E-state index is -0.225. The van der Waals surface area contributed by atoms with E-state index in [1.807, 2.05) is 24.3 Å². The molecular formula is C20H28N2O3. The van der Waals surface area contributed by atoms with E-state index in [0.29, 0.717) is 18.7 Å². The molecule has 1 unspecified atom stereocenters. The molecule has 0 saturated carbocycles. The Bertz CT molecular complexity index is 644. The highest BCUT2D eigenvalue weighted by Crippen LogP contribution is 2.25. The van der Waals surface area contributed by atoms with Crippen molar-refractivity contribution in [3.05, 3.63) is 35.4 Å². The summed E-state index contributed by atoms with van der Waals surface area (Å²) in [5.74, 6) is -0.430. The van der Waals surface area contributed by atoms with Gasteiger partial charge in [-0.15, -0.1) is 0 Å². The molecule has 2 amide bonds. The van der Waals surface area contributed by atoms with Gasteiger partial charge in [0.25, 0.3) is 0 Å². The average molecular weight is 344 g/mol. The molecule has 1 aliphatic rings. The lowest BCUT2D eigenvalue weighted by molar-refractivity contribution is -0.133. The molecule has 5 heteroatoms. The van der Waals surface area contributed by atoms with Crippen LogP contribution in [0.15, 0.2) is 24.3 Å². The van der Waals surface area contributed by atoms with Crippen molar-refractivity contribution >= 4 is 17.6 Å². The van der Waals surface area contributed by atoms with Crippen LogP contribution in [0.25, 0.3) is 0 Å². The monoisotopic (exact) mass is 344 g/mol. The largest absolute Gasteiger partial charge is 0.347 e. The molecule has 1 aliphatic heterocycles. The molecule has 0 radical (unpaired) electrons. The molecule has 1 fully saturated rings. The van der Waals surface area contributed by atoms with Gasteiger partial charge >= 0.3 is 0 Å². The van der Waals surface area contributed by atoms with Gasteiger partial charge in [-0.2, -0.15) is 0 Å². The molecule has 0 aliphatic carbocycles. The Balaban J connectivity index is 2.01. The van der Waals surface area contributed by atoms with Gasteiger partial charge in [0.2, 0.25) is 11.8 Å². The van der Waals surface area contributed by atoms with Crippen LogP contribution in [0.3, 0.4) is 0 Å². The molecule has 1 heterocycles.